The molecule has 1 fully saturated rings. The number of hydrogen-bond acceptors (Lipinski definition) is 3. The molecule has 0 atom stereocenters. The maximum Gasteiger partial charge on any atom is 0.325 e. The minimum atomic E-state index is -0.217. The number of ether oxygens (including phenoxy) is 1. The number of imidazole rings is 1. The van der Waals surface area contributed by atoms with Crippen LogP contribution < -0.4 is 0 Å². The van der Waals surface area contributed by atoms with Crippen molar-refractivity contribution in [3.05, 3.63) is 30.1 Å². The number of hydrogen-bond donors (Lipinski definition) is 0. The predicted octanol–water partition coefficient (Wildman–Crippen LogP) is 3.26. The summed E-state index contributed by atoms with van der Waals surface area (Å²) in [5, 5.41) is 0. The molecule has 2 aromatic rings. The van der Waals surface area contributed by atoms with E-state index in [1.54, 1.807) is 0 Å². The fourth-order valence-corrected chi connectivity index (χ4v) is 3.13. The molecule has 4 nitrogen and oxygen atoms in total. The van der Waals surface area contributed by atoms with E-state index in [0.717, 1.165) is 16.9 Å². The van der Waals surface area contributed by atoms with Gasteiger partial charge in [-0.15, -0.1) is 0 Å². The van der Waals surface area contributed by atoms with E-state index in [1.807, 2.05) is 28.8 Å². The Hall–Kier alpha value is -1.84. The van der Waals surface area contributed by atoms with Gasteiger partial charge in [0.2, 0.25) is 0 Å². The molecule has 0 bridgehead atoms. The van der Waals surface area contributed by atoms with Crippen molar-refractivity contribution in [3.63, 3.8) is 0 Å². The van der Waals surface area contributed by atoms with Crippen LogP contribution in [-0.2, 0) is 16.1 Å². The molecule has 0 N–H and O–H groups in total. The van der Waals surface area contributed by atoms with Gasteiger partial charge in [-0.2, -0.15) is 0 Å². The van der Waals surface area contributed by atoms with E-state index in [-0.39, 0.29) is 12.5 Å². The normalized spacial score (nSPS) is 16.4. The maximum atomic E-state index is 11.7. The summed E-state index contributed by atoms with van der Waals surface area (Å²) in [4.78, 5) is 16.5. The van der Waals surface area contributed by atoms with E-state index in [2.05, 4.69) is 0 Å². The van der Waals surface area contributed by atoms with Crippen LogP contribution in [0.4, 0.5) is 0 Å². The second-order valence-electron chi connectivity index (χ2n) is 5.46. The molecule has 1 heterocycles. The number of para-hydroxylation sites is 2. The molecule has 1 aliphatic carbocycles. The third-order valence-electron chi connectivity index (χ3n) is 4.17. The van der Waals surface area contributed by atoms with Gasteiger partial charge in [-0.25, -0.2) is 4.98 Å². The van der Waals surface area contributed by atoms with Crippen molar-refractivity contribution >= 4 is 17.0 Å². The fraction of sp³-hybridized carbons (Fsp3) is 0.500. The Balaban J connectivity index is 2.04. The molecule has 0 radical (unpaired) electrons. The monoisotopic (exact) mass is 272 g/mol. The number of carbonyl (C=O) groups excluding carboxylic acids is 1. The largest absolute Gasteiger partial charge is 0.468 e. The zero-order valence-electron chi connectivity index (χ0n) is 11.8. The highest BCUT2D eigenvalue weighted by atomic mass is 16.5. The maximum absolute atomic E-state index is 11.7. The summed E-state index contributed by atoms with van der Waals surface area (Å²) < 4.78 is 6.87. The third kappa shape index (κ3) is 2.42. The standard InChI is InChI=1S/C16H20N2O2/c1-20-15(19)11-18-14-10-6-5-9-13(14)17-16(18)12-7-3-2-4-8-12/h5-6,9-10,12H,2-4,7-8,11H2,1H3. The van der Waals surface area contributed by atoms with Gasteiger partial charge in [-0.1, -0.05) is 31.4 Å². The molecule has 3 rings (SSSR count). The van der Waals surface area contributed by atoms with Crippen molar-refractivity contribution in [1.82, 2.24) is 9.55 Å². The first-order valence-electron chi connectivity index (χ1n) is 7.31. The zero-order chi connectivity index (χ0) is 13.9. The molecule has 1 aliphatic rings. The van der Waals surface area contributed by atoms with Gasteiger partial charge in [0.15, 0.2) is 0 Å². The first-order valence-corrected chi connectivity index (χ1v) is 7.31. The SMILES string of the molecule is COC(=O)Cn1c(C2CCCCC2)nc2ccccc21. The van der Waals surface area contributed by atoms with Gasteiger partial charge >= 0.3 is 5.97 Å². The van der Waals surface area contributed by atoms with Gasteiger partial charge in [-0.05, 0) is 25.0 Å². The third-order valence-corrected chi connectivity index (χ3v) is 4.17. The number of aromatic nitrogens is 2. The van der Waals surface area contributed by atoms with Gasteiger partial charge in [0.1, 0.15) is 12.4 Å². The fourth-order valence-electron chi connectivity index (χ4n) is 3.13. The molecule has 0 unspecified atom stereocenters. The summed E-state index contributed by atoms with van der Waals surface area (Å²) in [7, 11) is 1.43. The van der Waals surface area contributed by atoms with Crippen molar-refractivity contribution in [2.24, 2.45) is 0 Å². The van der Waals surface area contributed by atoms with Crippen LogP contribution in [0.15, 0.2) is 24.3 Å². The van der Waals surface area contributed by atoms with E-state index in [9.17, 15) is 4.79 Å². The quantitative estimate of drug-likeness (QED) is 0.806. The number of benzene rings is 1. The highest BCUT2D eigenvalue weighted by molar-refractivity contribution is 5.79. The number of rotatable bonds is 3. The summed E-state index contributed by atoms with van der Waals surface area (Å²) in [5.41, 5.74) is 2.00. The molecule has 0 saturated heterocycles. The lowest BCUT2D eigenvalue weighted by atomic mass is 9.88. The Bertz CT molecular complexity index is 612. The minimum Gasteiger partial charge on any atom is -0.468 e. The summed E-state index contributed by atoms with van der Waals surface area (Å²) >= 11 is 0. The van der Waals surface area contributed by atoms with E-state index in [1.165, 1.54) is 39.2 Å². The summed E-state index contributed by atoms with van der Waals surface area (Å²) in [6.45, 7) is 0.253. The average molecular weight is 272 g/mol. The van der Waals surface area contributed by atoms with Crippen LogP contribution in [0, 0.1) is 0 Å². The predicted molar refractivity (Wildman–Crippen MR) is 77.6 cm³/mol. The Kier molecular flexibility index (Phi) is 3.72. The second kappa shape index (κ2) is 5.65. The van der Waals surface area contributed by atoms with Crippen LogP contribution in [0.2, 0.25) is 0 Å². The number of methoxy groups -OCH3 is 1. The van der Waals surface area contributed by atoms with E-state index >= 15 is 0 Å². The Morgan fingerprint density at radius 3 is 2.80 bits per heavy atom. The lowest BCUT2D eigenvalue weighted by Crippen LogP contribution is -2.17. The Morgan fingerprint density at radius 2 is 2.05 bits per heavy atom. The van der Waals surface area contributed by atoms with Crippen LogP contribution in [0.3, 0.4) is 0 Å². The Labute approximate surface area is 118 Å². The molecule has 0 spiro atoms. The van der Waals surface area contributed by atoms with Crippen molar-refractivity contribution in [1.29, 1.82) is 0 Å². The summed E-state index contributed by atoms with van der Waals surface area (Å²) in [6, 6.07) is 8.01. The van der Waals surface area contributed by atoms with Gasteiger partial charge in [-0.3, -0.25) is 4.79 Å². The second-order valence-corrected chi connectivity index (χ2v) is 5.46. The van der Waals surface area contributed by atoms with Gasteiger partial charge in [0, 0.05) is 5.92 Å². The Morgan fingerprint density at radius 1 is 1.30 bits per heavy atom. The van der Waals surface area contributed by atoms with Crippen LogP contribution >= 0.6 is 0 Å². The molecule has 1 saturated carbocycles. The average Bonchev–Trinajstić information content (AvgIpc) is 2.87. The van der Waals surface area contributed by atoms with Crippen molar-refractivity contribution < 1.29 is 9.53 Å². The molecular weight excluding hydrogens is 252 g/mol. The van der Waals surface area contributed by atoms with Crippen LogP contribution in [0.1, 0.15) is 43.8 Å². The molecule has 1 aromatic heterocycles. The van der Waals surface area contributed by atoms with Crippen molar-refractivity contribution in [2.75, 3.05) is 7.11 Å². The number of esters is 1. The molecule has 4 heteroatoms. The van der Waals surface area contributed by atoms with Crippen molar-refractivity contribution in [2.45, 2.75) is 44.6 Å². The topological polar surface area (TPSA) is 44.1 Å². The molecule has 0 amide bonds. The van der Waals surface area contributed by atoms with Crippen LogP contribution in [-0.4, -0.2) is 22.6 Å². The van der Waals surface area contributed by atoms with Crippen LogP contribution in [0.5, 0.6) is 0 Å². The molecule has 106 valence electrons. The lowest BCUT2D eigenvalue weighted by Gasteiger charge is -2.22. The van der Waals surface area contributed by atoms with E-state index in [4.69, 9.17) is 9.72 Å². The lowest BCUT2D eigenvalue weighted by molar-refractivity contribution is -0.141. The van der Waals surface area contributed by atoms with Gasteiger partial charge in [0.25, 0.3) is 0 Å². The van der Waals surface area contributed by atoms with Gasteiger partial charge in [0.05, 0.1) is 18.1 Å². The van der Waals surface area contributed by atoms with Gasteiger partial charge < -0.3 is 9.30 Å². The number of fused-ring (bicyclic) bond motifs is 1. The zero-order valence-corrected chi connectivity index (χ0v) is 11.8. The summed E-state index contributed by atoms with van der Waals surface area (Å²) in [5.74, 6) is 1.31. The van der Waals surface area contributed by atoms with E-state index in [0.29, 0.717) is 5.92 Å². The number of nitrogens with zero attached hydrogens (tertiary/aromatic N) is 2. The first kappa shape index (κ1) is 13.2. The highest BCUT2D eigenvalue weighted by Gasteiger charge is 2.23. The number of carbonyl (C=O) groups is 1. The molecular formula is C16H20N2O2. The first-order chi connectivity index (χ1) is 9.79. The molecule has 0 aliphatic heterocycles. The van der Waals surface area contributed by atoms with Crippen molar-refractivity contribution in [3.8, 4) is 0 Å². The molecule has 1 aromatic carbocycles. The van der Waals surface area contributed by atoms with Crippen LogP contribution in [0.25, 0.3) is 11.0 Å². The van der Waals surface area contributed by atoms with E-state index < -0.39 is 0 Å². The smallest absolute Gasteiger partial charge is 0.325 e. The minimum absolute atomic E-state index is 0.217. The summed E-state index contributed by atoms with van der Waals surface area (Å²) in [6.07, 6.45) is 6.17. The highest BCUT2D eigenvalue weighted by Crippen LogP contribution is 2.33. The molecule has 20 heavy (non-hydrogen) atoms.